The van der Waals surface area contributed by atoms with E-state index in [0.717, 1.165) is 47.8 Å². The van der Waals surface area contributed by atoms with Crippen LogP contribution in [0.3, 0.4) is 0 Å². The van der Waals surface area contributed by atoms with Gasteiger partial charge in [0.05, 0.1) is 5.92 Å². The second kappa shape index (κ2) is 13.5. The van der Waals surface area contributed by atoms with Crippen LogP contribution in [0.5, 0.6) is 0 Å². The van der Waals surface area contributed by atoms with E-state index in [2.05, 4.69) is 46.5 Å². The molecule has 1 aliphatic rings. The molecule has 1 aromatic carbocycles. The van der Waals surface area contributed by atoms with E-state index in [1.165, 1.54) is 45.4 Å². The highest BCUT2D eigenvalue weighted by Gasteiger charge is 2.30. The van der Waals surface area contributed by atoms with Crippen molar-refractivity contribution >= 4 is 28.7 Å². The molecule has 3 rings (SSSR count). The summed E-state index contributed by atoms with van der Waals surface area (Å²) in [5.41, 5.74) is 3.31. The summed E-state index contributed by atoms with van der Waals surface area (Å²) in [7, 11) is 0. The molecular weight excluding hydrogens is 454 g/mol. The maximum atomic E-state index is 13.2. The zero-order chi connectivity index (χ0) is 26.1. The van der Waals surface area contributed by atoms with Crippen LogP contribution in [0.4, 0.5) is 0 Å². The minimum atomic E-state index is -1.02. The number of carboxylic acids is 1. The third kappa shape index (κ3) is 7.58. The standard InChI is InChI=1S/C29H43N3O4/c1-20-13-14-26-24(17-20)23-18-25(31-27(33)21(2)22(3)29(35)36)28(34)30-15-11-9-7-5-4-6-8-10-12-16-32(26)19-23/h13-14,17,19,21-22,25H,4-12,15-16,18H2,1-3H3,(H,30,34)(H,31,33)(H,35,36). The number of aryl methyl sites for hydroxylation is 2. The zero-order valence-electron chi connectivity index (χ0n) is 22.1. The average Bonchev–Trinajstić information content (AvgIpc) is 3.18. The number of amides is 2. The number of benzene rings is 1. The number of carbonyl (C=O) groups excluding carboxylic acids is 2. The van der Waals surface area contributed by atoms with Gasteiger partial charge >= 0.3 is 5.97 Å². The predicted octanol–water partition coefficient (Wildman–Crippen LogP) is 4.97. The smallest absolute Gasteiger partial charge is 0.307 e. The molecule has 3 unspecified atom stereocenters. The van der Waals surface area contributed by atoms with Gasteiger partial charge in [0.1, 0.15) is 6.04 Å². The van der Waals surface area contributed by atoms with Crippen molar-refractivity contribution in [1.82, 2.24) is 15.2 Å². The summed E-state index contributed by atoms with van der Waals surface area (Å²) in [6.07, 6.45) is 13.0. The molecule has 1 aromatic heterocycles. The van der Waals surface area contributed by atoms with Gasteiger partial charge in [0.25, 0.3) is 0 Å². The molecule has 36 heavy (non-hydrogen) atoms. The molecule has 0 radical (unpaired) electrons. The Bertz CT molecular complexity index is 1040. The zero-order valence-corrected chi connectivity index (χ0v) is 22.1. The van der Waals surface area contributed by atoms with E-state index in [9.17, 15) is 19.5 Å². The molecule has 0 aliphatic carbocycles. The third-order valence-electron chi connectivity index (χ3n) is 7.60. The predicted molar refractivity (Wildman–Crippen MR) is 143 cm³/mol. The molecule has 2 amide bonds. The van der Waals surface area contributed by atoms with Crippen molar-refractivity contribution in [3.05, 3.63) is 35.5 Å². The molecule has 0 spiro atoms. The fraction of sp³-hybridized carbons (Fsp3) is 0.621. The summed E-state index contributed by atoms with van der Waals surface area (Å²) in [4.78, 5) is 37.6. The topological polar surface area (TPSA) is 100 Å². The van der Waals surface area contributed by atoms with Gasteiger partial charge in [-0.1, -0.05) is 70.4 Å². The number of fused-ring (bicyclic) bond motifs is 5. The van der Waals surface area contributed by atoms with Crippen molar-refractivity contribution < 1.29 is 19.5 Å². The van der Waals surface area contributed by atoms with Gasteiger partial charge in [0.15, 0.2) is 0 Å². The first kappa shape index (κ1) is 27.8. The van der Waals surface area contributed by atoms with E-state index in [-0.39, 0.29) is 5.91 Å². The minimum absolute atomic E-state index is 0.215. The summed E-state index contributed by atoms with van der Waals surface area (Å²) in [5, 5.41) is 16.3. The number of hydrogen-bond donors (Lipinski definition) is 3. The number of hydrogen-bond acceptors (Lipinski definition) is 3. The Balaban J connectivity index is 1.88. The van der Waals surface area contributed by atoms with Crippen LogP contribution in [0, 0.1) is 18.8 Å². The van der Waals surface area contributed by atoms with Crippen LogP contribution >= 0.6 is 0 Å². The van der Waals surface area contributed by atoms with Crippen molar-refractivity contribution in [2.75, 3.05) is 6.54 Å². The largest absolute Gasteiger partial charge is 0.481 e. The second-order valence-corrected chi connectivity index (χ2v) is 10.5. The van der Waals surface area contributed by atoms with Crippen molar-refractivity contribution in [2.45, 2.75) is 97.6 Å². The lowest BCUT2D eigenvalue weighted by Gasteiger charge is -2.22. The lowest BCUT2D eigenvalue weighted by atomic mass is 9.94. The molecule has 0 saturated heterocycles. The van der Waals surface area contributed by atoms with Crippen molar-refractivity contribution in [1.29, 1.82) is 0 Å². The Morgan fingerprint density at radius 1 is 1.00 bits per heavy atom. The molecule has 2 heterocycles. The molecule has 0 fully saturated rings. The summed E-state index contributed by atoms with van der Waals surface area (Å²) < 4.78 is 2.28. The Morgan fingerprint density at radius 2 is 1.64 bits per heavy atom. The van der Waals surface area contributed by atoms with Gasteiger partial charge in [-0.15, -0.1) is 0 Å². The molecule has 198 valence electrons. The van der Waals surface area contributed by atoms with Crippen molar-refractivity contribution in [3.63, 3.8) is 0 Å². The third-order valence-corrected chi connectivity index (χ3v) is 7.60. The van der Waals surface area contributed by atoms with E-state index in [4.69, 9.17) is 0 Å². The molecular formula is C29H43N3O4. The number of aliphatic carboxylic acids is 1. The Hall–Kier alpha value is -2.83. The number of carboxylic acid groups (broad SMARTS) is 1. The number of aromatic nitrogens is 1. The quantitative estimate of drug-likeness (QED) is 0.555. The first-order chi connectivity index (χ1) is 17.3. The average molecular weight is 498 g/mol. The highest BCUT2D eigenvalue weighted by atomic mass is 16.4. The van der Waals surface area contributed by atoms with Crippen molar-refractivity contribution in [2.24, 2.45) is 11.8 Å². The summed E-state index contributed by atoms with van der Waals surface area (Å²) in [6.45, 7) is 6.68. The van der Waals surface area contributed by atoms with Gasteiger partial charge in [-0.25, -0.2) is 0 Å². The second-order valence-electron chi connectivity index (χ2n) is 10.5. The Morgan fingerprint density at radius 3 is 2.31 bits per heavy atom. The Kier molecular flexibility index (Phi) is 10.4. The van der Waals surface area contributed by atoms with E-state index in [1.54, 1.807) is 6.92 Å². The highest BCUT2D eigenvalue weighted by Crippen LogP contribution is 2.25. The molecule has 2 bridgehead atoms. The molecule has 7 nitrogen and oxygen atoms in total. The van der Waals surface area contributed by atoms with Crippen LogP contribution in [0.15, 0.2) is 24.4 Å². The summed E-state index contributed by atoms with van der Waals surface area (Å²) in [5.74, 6) is -3.23. The van der Waals surface area contributed by atoms with E-state index >= 15 is 0 Å². The number of carbonyl (C=O) groups is 3. The lowest BCUT2D eigenvalue weighted by molar-refractivity contribution is -0.146. The maximum Gasteiger partial charge on any atom is 0.307 e. The van der Waals surface area contributed by atoms with Gasteiger partial charge in [0, 0.05) is 42.5 Å². The molecule has 3 atom stereocenters. The van der Waals surface area contributed by atoms with Crippen LogP contribution < -0.4 is 10.6 Å². The van der Waals surface area contributed by atoms with E-state index < -0.39 is 29.8 Å². The van der Waals surface area contributed by atoms with Crippen LogP contribution in [0.2, 0.25) is 0 Å². The molecule has 3 N–H and O–H groups in total. The first-order valence-electron chi connectivity index (χ1n) is 13.7. The number of nitrogens with zero attached hydrogens (tertiary/aromatic N) is 1. The van der Waals surface area contributed by atoms with Gasteiger partial charge < -0.3 is 20.3 Å². The molecule has 2 aromatic rings. The Labute approximate surface area is 215 Å². The highest BCUT2D eigenvalue weighted by molar-refractivity contribution is 5.91. The molecule has 7 heteroatoms. The fourth-order valence-corrected chi connectivity index (χ4v) is 4.99. The van der Waals surface area contributed by atoms with Gasteiger partial charge in [-0.05, 0) is 37.5 Å². The lowest BCUT2D eigenvalue weighted by Crippen LogP contribution is -2.50. The molecule has 0 saturated carbocycles. The van der Waals surface area contributed by atoms with E-state index in [1.807, 2.05) is 0 Å². The van der Waals surface area contributed by atoms with Gasteiger partial charge in [-0.2, -0.15) is 0 Å². The van der Waals surface area contributed by atoms with Gasteiger partial charge in [-0.3, -0.25) is 14.4 Å². The van der Waals surface area contributed by atoms with Crippen LogP contribution in [-0.2, 0) is 27.3 Å². The normalized spacial score (nSPS) is 20.5. The van der Waals surface area contributed by atoms with Crippen LogP contribution in [0.25, 0.3) is 10.9 Å². The monoisotopic (exact) mass is 497 g/mol. The van der Waals surface area contributed by atoms with Gasteiger partial charge in [0.2, 0.25) is 11.8 Å². The first-order valence-corrected chi connectivity index (χ1v) is 13.7. The van der Waals surface area contributed by atoms with E-state index in [0.29, 0.717) is 13.0 Å². The number of nitrogens with one attached hydrogen (secondary N) is 2. The summed E-state index contributed by atoms with van der Waals surface area (Å²) in [6, 6.07) is 5.63. The molecule has 1 aliphatic heterocycles. The summed E-state index contributed by atoms with van der Waals surface area (Å²) >= 11 is 0. The maximum absolute atomic E-state index is 13.2. The van der Waals surface area contributed by atoms with Crippen LogP contribution in [-0.4, -0.2) is 40.0 Å². The fourth-order valence-electron chi connectivity index (χ4n) is 4.99. The number of rotatable bonds is 4. The minimum Gasteiger partial charge on any atom is -0.481 e. The van der Waals surface area contributed by atoms with Crippen LogP contribution in [0.1, 0.15) is 82.8 Å². The SMILES string of the molecule is Cc1ccc2c(c1)c1cn2CCCCCCCCCCCNC(=O)C(NC(=O)C(C)C(C)C(=O)O)C1. The van der Waals surface area contributed by atoms with Crippen molar-refractivity contribution in [3.8, 4) is 0 Å².